The van der Waals surface area contributed by atoms with Crippen LogP contribution in [0.15, 0.2) is 70.9 Å². The van der Waals surface area contributed by atoms with Crippen molar-refractivity contribution in [3.63, 3.8) is 0 Å². The summed E-state index contributed by atoms with van der Waals surface area (Å²) in [5, 5.41) is 0. The fourth-order valence-corrected chi connectivity index (χ4v) is 3.55. The summed E-state index contributed by atoms with van der Waals surface area (Å²) in [7, 11) is 0. The maximum atomic E-state index is 12.6. The number of allylic oxidation sites excluding steroid dienone is 1. The lowest BCUT2D eigenvalue weighted by molar-refractivity contribution is 0.0734. The molecule has 7 heteroatoms. The molecule has 148 valence electrons. The summed E-state index contributed by atoms with van der Waals surface area (Å²) < 4.78 is 22.5. The molecule has 0 aromatic heterocycles. The average molecular weight is 465 g/mol. The van der Waals surface area contributed by atoms with Crippen molar-refractivity contribution in [2.75, 3.05) is 6.79 Å². The zero-order valence-electron chi connectivity index (χ0n) is 15.4. The van der Waals surface area contributed by atoms with Crippen molar-refractivity contribution in [2.45, 2.75) is 0 Å². The summed E-state index contributed by atoms with van der Waals surface area (Å²) in [4.78, 5) is 25.1. The molecule has 3 aromatic rings. The first-order valence-electron chi connectivity index (χ1n) is 9.03. The Morgan fingerprint density at radius 3 is 2.67 bits per heavy atom. The summed E-state index contributed by atoms with van der Waals surface area (Å²) in [6, 6.07) is 17.0. The minimum Gasteiger partial charge on any atom is -0.454 e. The van der Waals surface area contributed by atoms with Crippen molar-refractivity contribution in [3.05, 3.63) is 87.6 Å². The van der Waals surface area contributed by atoms with Gasteiger partial charge in [0.25, 0.3) is 0 Å². The standard InChI is InChI=1S/C23H13BrO6/c24-17-4-2-1-3-13(17)9-21-22(25)16-7-6-15(11-19(16)30-21)29-23(26)14-5-8-18-20(10-14)28-12-27-18/h1-11H,12H2. The zero-order valence-corrected chi connectivity index (χ0v) is 17.0. The molecule has 30 heavy (non-hydrogen) atoms. The molecule has 0 atom stereocenters. The van der Waals surface area contributed by atoms with Gasteiger partial charge in [-0.2, -0.15) is 0 Å². The minimum absolute atomic E-state index is 0.124. The van der Waals surface area contributed by atoms with E-state index in [4.69, 9.17) is 18.9 Å². The largest absolute Gasteiger partial charge is 0.454 e. The summed E-state index contributed by atoms with van der Waals surface area (Å²) in [5.41, 5.74) is 1.56. The van der Waals surface area contributed by atoms with Crippen LogP contribution in [0.2, 0.25) is 0 Å². The molecule has 0 fully saturated rings. The second-order valence-electron chi connectivity index (χ2n) is 6.58. The molecule has 5 rings (SSSR count). The Kier molecular flexibility index (Phi) is 4.52. The van der Waals surface area contributed by atoms with Gasteiger partial charge in [0.15, 0.2) is 17.3 Å². The van der Waals surface area contributed by atoms with Crippen LogP contribution in [0.25, 0.3) is 6.08 Å². The highest BCUT2D eigenvalue weighted by Crippen LogP contribution is 2.36. The van der Waals surface area contributed by atoms with Crippen molar-refractivity contribution in [1.29, 1.82) is 0 Å². The SMILES string of the molecule is O=C(Oc1ccc2c(c1)OC(=Cc1ccccc1Br)C2=O)c1ccc2c(c1)OCO2. The molecule has 3 aromatic carbocycles. The number of esters is 1. The Bertz CT molecular complexity index is 1230. The minimum atomic E-state index is -0.554. The quantitative estimate of drug-likeness (QED) is 0.308. The second-order valence-corrected chi connectivity index (χ2v) is 7.43. The molecule has 0 aliphatic carbocycles. The van der Waals surface area contributed by atoms with E-state index in [1.54, 1.807) is 36.4 Å². The Labute approximate surface area is 179 Å². The number of ether oxygens (including phenoxy) is 4. The molecule has 0 unspecified atom stereocenters. The molecule has 0 saturated heterocycles. The van der Waals surface area contributed by atoms with Crippen molar-refractivity contribution in [2.24, 2.45) is 0 Å². The monoisotopic (exact) mass is 464 g/mol. The van der Waals surface area contributed by atoms with Crippen LogP contribution in [0.4, 0.5) is 0 Å². The third-order valence-corrected chi connectivity index (χ3v) is 5.37. The highest BCUT2D eigenvalue weighted by atomic mass is 79.9. The maximum absolute atomic E-state index is 12.6. The molecule has 0 saturated carbocycles. The Balaban J connectivity index is 1.37. The number of rotatable bonds is 3. The second kappa shape index (κ2) is 7.35. The van der Waals surface area contributed by atoms with Crippen LogP contribution in [0.3, 0.4) is 0 Å². The van der Waals surface area contributed by atoms with Gasteiger partial charge in [-0.25, -0.2) is 4.79 Å². The molecule has 2 aliphatic heterocycles. The van der Waals surface area contributed by atoms with E-state index in [0.29, 0.717) is 28.4 Å². The van der Waals surface area contributed by atoms with Crippen molar-refractivity contribution < 1.29 is 28.5 Å². The fraction of sp³-hybridized carbons (Fsp3) is 0.0435. The number of benzene rings is 3. The van der Waals surface area contributed by atoms with Gasteiger partial charge in [0.05, 0.1) is 11.1 Å². The number of Topliss-reactive ketones (excluding diaryl/α,β-unsaturated/α-hetero) is 1. The molecular formula is C23H13BrO6. The summed E-state index contributed by atoms with van der Waals surface area (Å²) >= 11 is 3.45. The van der Waals surface area contributed by atoms with Crippen LogP contribution in [-0.2, 0) is 0 Å². The topological polar surface area (TPSA) is 71.1 Å². The lowest BCUT2D eigenvalue weighted by Gasteiger charge is -2.06. The van der Waals surface area contributed by atoms with Crippen LogP contribution in [0.5, 0.6) is 23.0 Å². The number of halogens is 1. The Morgan fingerprint density at radius 2 is 1.80 bits per heavy atom. The highest BCUT2D eigenvalue weighted by Gasteiger charge is 2.28. The van der Waals surface area contributed by atoms with Crippen LogP contribution in [0, 0.1) is 0 Å². The normalized spacial score (nSPS) is 15.1. The van der Waals surface area contributed by atoms with Crippen molar-refractivity contribution in [3.8, 4) is 23.0 Å². The molecule has 6 nitrogen and oxygen atoms in total. The number of carbonyl (C=O) groups is 2. The molecular weight excluding hydrogens is 452 g/mol. The van der Waals surface area contributed by atoms with Gasteiger partial charge in [0, 0.05) is 10.5 Å². The van der Waals surface area contributed by atoms with Crippen molar-refractivity contribution in [1.82, 2.24) is 0 Å². The molecule has 2 aliphatic rings. The lowest BCUT2D eigenvalue weighted by atomic mass is 10.1. The average Bonchev–Trinajstić information content (AvgIpc) is 3.33. The lowest BCUT2D eigenvalue weighted by Crippen LogP contribution is -2.08. The molecule has 2 heterocycles. The van der Waals surface area contributed by atoms with E-state index in [-0.39, 0.29) is 24.1 Å². The van der Waals surface area contributed by atoms with Crippen molar-refractivity contribution >= 4 is 33.8 Å². The number of hydrogen-bond donors (Lipinski definition) is 0. The summed E-state index contributed by atoms with van der Waals surface area (Å²) in [5.74, 6) is 1.11. The molecule has 0 bridgehead atoms. The fourth-order valence-electron chi connectivity index (χ4n) is 3.15. The third kappa shape index (κ3) is 3.33. The van der Waals surface area contributed by atoms with Crippen LogP contribution in [0.1, 0.15) is 26.3 Å². The highest BCUT2D eigenvalue weighted by molar-refractivity contribution is 9.10. The molecule has 0 spiro atoms. The maximum Gasteiger partial charge on any atom is 0.343 e. The van der Waals surface area contributed by atoms with E-state index in [0.717, 1.165) is 10.0 Å². The molecule has 0 N–H and O–H groups in total. The van der Waals surface area contributed by atoms with E-state index in [1.165, 1.54) is 6.07 Å². The summed E-state index contributed by atoms with van der Waals surface area (Å²) in [6.45, 7) is 0.124. The van der Waals surface area contributed by atoms with E-state index in [9.17, 15) is 9.59 Å². The predicted octanol–water partition coefficient (Wildman–Crippen LogP) is 5.01. The molecule has 0 amide bonds. The van der Waals surface area contributed by atoms with Gasteiger partial charge < -0.3 is 18.9 Å². The van der Waals surface area contributed by atoms with E-state index < -0.39 is 5.97 Å². The van der Waals surface area contributed by atoms with E-state index in [2.05, 4.69) is 15.9 Å². The van der Waals surface area contributed by atoms with Crippen LogP contribution >= 0.6 is 15.9 Å². The van der Waals surface area contributed by atoms with Crippen LogP contribution < -0.4 is 18.9 Å². The predicted molar refractivity (Wildman–Crippen MR) is 111 cm³/mol. The van der Waals surface area contributed by atoms with E-state index >= 15 is 0 Å². The van der Waals surface area contributed by atoms with E-state index in [1.807, 2.05) is 24.3 Å². The first-order chi connectivity index (χ1) is 14.6. The first kappa shape index (κ1) is 18.4. The molecule has 0 radical (unpaired) electrons. The van der Waals surface area contributed by atoms with Gasteiger partial charge in [-0.1, -0.05) is 34.1 Å². The van der Waals surface area contributed by atoms with Crippen LogP contribution in [-0.4, -0.2) is 18.5 Å². The summed E-state index contributed by atoms with van der Waals surface area (Å²) in [6.07, 6.45) is 1.67. The number of ketones is 1. The van der Waals surface area contributed by atoms with Gasteiger partial charge in [-0.05, 0) is 48.0 Å². The smallest absolute Gasteiger partial charge is 0.343 e. The number of carbonyl (C=O) groups excluding carboxylic acids is 2. The van der Waals surface area contributed by atoms with Gasteiger partial charge >= 0.3 is 5.97 Å². The Morgan fingerprint density at radius 1 is 0.967 bits per heavy atom. The first-order valence-corrected chi connectivity index (χ1v) is 9.82. The van der Waals surface area contributed by atoms with Gasteiger partial charge in [0.2, 0.25) is 12.6 Å². The van der Waals surface area contributed by atoms with Gasteiger partial charge in [0.1, 0.15) is 11.5 Å². The van der Waals surface area contributed by atoms with Gasteiger partial charge in [-0.15, -0.1) is 0 Å². The van der Waals surface area contributed by atoms with Gasteiger partial charge in [-0.3, -0.25) is 4.79 Å². The Hall–Kier alpha value is -3.58. The number of hydrogen-bond acceptors (Lipinski definition) is 6. The zero-order chi connectivity index (χ0) is 20.7. The third-order valence-electron chi connectivity index (χ3n) is 4.65. The number of fused-ring (bicyclic) bond motifs is 2.